The van der Waals surface area contributed by atoms with Gasteiger partial charge in [0.15, 0.2) is 0 Å². The smallest absolute Gasteiger partial charge is 0.142 e. The molecule has 5 aromatic rings. The van der Waals surface area contributed by atoms with Crippen molar-refractivity contribution in [3.05, 3.63) is 129 Å². The van der Waals surface area contributed by atoms with Gasteiger partial charge in [0.25, 0.3) is 0 Å². The Morgan fingerprint density at radius 3 is 1.27 bits per heavy atom. The molecule has 2 aliphatic carbocycles. The fraction of sp³-hybridized carbons (Fsp3) is 0.400. The largest absolute Gasteiger partial charge is 0.506 e. The van der Waals surface area contributed by atoms with Crippen LogP contribution < -0.4 is 20.9 Å². The van der Waals surface area contributed by atoms with Crippen molar-refractivity contribution in [1.29, 1.82) is 0 Å². The Bertz CT molecular complexity index is 1980. The van der Waals surface area contributed by atoms with Crippen LogP contribution in [0.5, 0.6) is 34.5 Å². The Kier molecular flexibility index (Phi) is 12.1. The number of anilines is 2. The van der Waals surface area contributed by atoms with E-state index < -0.39 is 0 Å². The predicted molar refractivity (Wildman–Crippen MR) is 230 cm³/mol. The van der Waals surface area contributed by atoms with Crippen LogP contribution in [-0.4, -0.2) is 10.2 Å². The number of aromatic hydroxyl groups is 2. The number of rotatable bonds is 12. The van der Waals surface area contributed by atoms with E-state index in [9.17, 15) is 10.2 Å². The lowest BCUT2D eigenvalue weighted by atomic mass is 9.80. The van der Waals surface area contributed by atoms with Crippen LogP contribution in [-0.2, 0) is 12.8 Å². The molecule has 0 bridgehead atoms. The summed E-state index contributed by atoms with van der Waals surface area (Å²) in [5.41, 5.74) is 22.7. The van der Waals surface area contributed by atoms with Gasteiger partial charge in [-0.05, 0) is 145 Å². The second-order valence-corrected chi connectivity index (χ2v) is 16.9. The lowest BCUT2D eigenvalue weighted by Gasteiger charge is -2.27. The summed E-state index contributed by atoms with van der Waals surface area (Å²) in [7, 11) is 0. The summed E-state index contributed by atoms with van der Waals surface area (Å²) in [6.45, 7) is 8.97. The Hall–Kier alpha value is -5.10. The molecule has 2 saturated carbocycles. The summed E-state index contributed by atoms with van der Waals surface area (Å²) >= 11 is 0. The average Bonchev–Trinajstić information content (AvgIpc) is 3.20. The third-order valence-corrected chi connectivity index (χ3v) is 12.4. The first-order valence-corrected chi connectivity index (χ1v) is 20.9. The van der Waals surface area contributed by atoms with E-state index in [2.05, 4.69) is 76.2 Å². The van der Waals surface area contributed by atoms with Crippen LogP contribution in [0.3, 0.4) is 0 Å². The molecule has 2 aliphatic rings. The highest BCUT2D eigenvalue weighted by atomic mass is 16.5. The van der Waals surface area contributed by atoms with Gasteiger partial charge >= 0.3 is 0 Å². The number of phenols is 2. The molecule has 0 amide bonds. The number of hydrogen-bond acceptors (Lipinski definition) is 6. The number of nitrogen functional groups attached to an aromatic ring is 2. The zero-order valence-electron chi connectivity index (χ0n) is 33.7. The SMILES string of the molecule is Cc1cc(C(C)Cc2ccc(CC(C)c3cc(C)c(Oc4ccc(N)c(O)c4)c(C4CCCCC4)c3)cc2)cc(C2CCCCC2)c1Oc1ccc(N)c(O)c1. The quantitative estimate of drug-likeness (QED) is 0.0746. The highest BCUT2D eigenvalue weighted by Gasteiger charge is 2.25. The highest BCUT2D eigenvalue weighted by molar-refractivity contribution is 5.58. The second kappa shape index (κ2) is 17.4. The van der Waals surface area contributed by atoms with Crippen molar-refractivity contribution in [3.8, 4) is 34.5 Å². The van der Waals surface area contributed by atoms with E-state index in [4.69, 9.17) is 20.9 Å². The third kappa shape index (κ3) is 9.12. The summed E-state index contributed by atoms with van der Waals surface area (Å²) in [5.74, 6) is 4.76. The van der Waals surface area contributed by atoms with Gasteiger partial charge in [0.05, 0.1) is 11.4 Å². The number of hydrogen-bond donors (Lipinski definition) is 4. The van der Waals surface area contributed by atoms with Gasteiger partial charge in [0, 0.05) is 12.1 Å². The standard InChI is InChI=1S/C50H60N2O4/c1-31(39-25-33(3)49(43(27-39)37-11-7-5-8-12-37)55-41-19-21-45(51)47(53)29-41)23-35-15-17-36(18-16-35)24-32(2)40-26-34(4)50(44(28-40)38-13-9-6-10-14-38)56-42-20-22-46(52)48(54)30-42/h15-22,25-32,37-38,53-54H,5-14,23-24,51-52H2,1-4H3. The molecule has 56 heavy (non-hydrogen) atoms. The van der Waals surface area contributed by atoms with Gasteiger partial charge in [-0.1, -0.05) is 101 Å². The van der Waals surface area contributed by atoms with Crippen molar-refractivity contribution >= 4 is 11.4 Å². The number of ether oxygens (including phenoxy) is 2. The summed E-state index contributed by atoms with van der Waals surface area (Å²) in [4.78, 5) is 0. The van der Waals surface area contributed by atoms with Gasteiger partial charge in [-0.2, -0.15) is 0 Å². The van der Waals surface area contributed by atoms with E-state index >= 15 is 0 Å². The summed E-state index contributed by atoms with van der Waals surface area (Å²) in [6.07, 6.45) is 14.2. The van der Waals surface area contributed by atoms with E-state index in [1.807, 2.05) is 12.1 Å². The number of nitrogens with two attached hydrogens (primary N) is 2. The van der Waals surface area contributed by atoms with Gasteiger partial charge in [-0.25, -0.2) is 0 Å². The molecule has 0 aromatic heterocycles. The van der Waals surface area contributed by atoms with Crippen molar-refractivity contribution < 1.29 is 19.7 Å². The van der Waals surface area contributed by atoms with Crippen LogP contribution in [0.4, 0.5) is 11.4 Å². The Labute approximate surface area is 333 Å². The van der Waals surface area contributed by atoms with E-state index in [0.717, 1.165) is 35.5 Å². The molecule has 6 heteroatoms. The summed E-state index contributed by atoms with van der Waals surface area (Å²) in [6, 6.07) is 28.9. The molecule has 0 aliphatic heterocycles. The predicted octanol–water partition coefficient (Wildman–Crippen LogP) is 13.3. The van der Waals surface area contributed by atoms with E-state index in [1.54, 1.807) is 24.3 Å². The minimum Gasteiger partial charge on any atom is -0.506 e. The maximum absolute atomic E-state index is 10.2. The van der Waals surface area contributed by atoms with Crippen LogP contribution in [0.25, 0.3) is 0 Å². The van der Waals surface area contributed by atoms with Crippen molar-refractivity contribution in [3.63, 3.8) is 0 Å². The molecule has 2 unspecified atom stereocenters. The lowest BCUT2D eigenvalue weighted by molar-refractivity contribution is 0.414. The van der Waals surface area contributed by atoms with Gasteiger partial charge < -0.3 is 31.2 Å². The minimum atomic E-state index is 0.0438. The van der Waals surface area contributed by atoms with E-state index in [0.29, 0.717) is 46.5 Å². The highest BCUT2D eigenvalue weighted by Crippen LogP contribution is 2.45. The minimum absolute atomic E-state index is 0.0438. The Balaban J connectivity index is 1.06. The van der Waals surface area contributed by atoms with Gasteiger partial charge in [-0.3, -0.25) is 0 Å². The summed E-state index contributed by atoms with van der Waals surface area (Å²) in [5, 5.41) is 20.5. The molecular weight excluding hydrogens is 693 g/mol. The first-order chi connectivity index (χ1) is 27.0. The second-order valence-electron chi connectivity index (χ2n) is 16.9. The summed E-state index contributed by atoms with van der Waals surface area (Å²) < 4.78 is 13.0. The molecule has 0 spiro atoms. The molecule has 6 nitrogen and oxygen atoms in total. The molecule has 2 fully saturated rings. The van der Waals surface area contributed by atoms with Crippen LogP contribution in [0, 0.1) is 13.8 Å². The fourth-order valence-corrected chi connectivity index (χ4v) is 9.11. The third-order valence-electron chi connectivity index (χ3n) is 12.4. The average molecular weight is 753 g/mol. The van der Waals surface area contributed by atoms with E-state index in [-0.39, 0.29) is 11.5 Å². The molecule has 2 atom stereocenters. The molecule has 0 radical (unpaired) electrons. The molecule has 0 heterocycles. The number of aryl methyl sites for hydroxylation is 2. The van der Waals surface area contributed by atoms with Gasteiger partial charge in [0.1, 0.15) is 34.5 Å². The molecule has 294 valence electrons. The Morgan fingerprint density at radius 2 is 0.911 bits per heavy atom. The first kappa shape index (κ1) is 39.1. The maximum Gasteiger partial charge on any atom is 0.142 e. The Morgan fingerprint density at radius 1 is 0.536 bits per heavy atom. The van der Waals surface area contributed by atoms with Crippen LogP contribution >= 0.6 is 0 Å². The number of benzene rings is 5. The van der Waals surface area contributed by atoms with Crippen molar-refractivity contribution in [2.45, 2.75) is 128 Å². The van der Waals surface area contributed by atoms with Gasteiger partial charge in [0.2, 0.25) is 0 Å². The zero-order chi connectivity index (χ0) is 39.3. The maximum atomic E-state index is 10.2. The molecule has 7 rings (SSSR count). The zero-order valence-corrected chi connectivity index (χ0v) is 33.7. The first-order valence-electron chi connectivity index (χ1n) is 20.9. The molecule has 5 aromatic carbocycles. The van der Waals surface area contributed by atoms with Crippen LogP contribution in [0.1, 0.15) is 146 Å². The van der Waals surface area contributed by atoms with Crippen molar-refractivity contribution in [1.82, 2.24) is 0 Å². The molecule has 6 N–H and O–H groups in total. The van der Waals surface area contributed by atoms with Crippen LogP contribution in [0.2, 0.25) is 0 Å². The van der Waals surface area contributed by atoms with Crippen LogP contribution in [0.15, 0.2) is 84.9 Å². The molecular formula is C50H60N2O4. The fourth-order valence-electron chi connectivity index (χ4n) is 9.11. The molecule has 0 saturated heterocycles. The van der Waals surface area contributed by atoms with Crippen molar-refractivity contribution in [2.24, 2.45) is 0 Å². The topological polar surface area (TPSA) is 111 Å². The van der Waals surface area contributed by atoms with Gasteiger partial charge in [-0.15, -0.1) is 0 Å². The monoisotopic (exact) mass is 752 g/mol. The number of phenolic OH excluding ortho intramolecular Hbond substituents is 2. The lowest BCUT2D eigenvalue weighted by Crippen LogP contribution is -2.09. The normalized spacial score (nSPS) is 16.4. The van der Waals surface area contributed by atoms with E-state index in [1.165, 1.54) is 97.6 Å². The van der Waals surface area contributed by atoms with Crippen molar-refractivity contribution in [2.75, 3.05) is 11.5 Å².